The van der Waals surface area contributed by atoms with Crippen LogP contribution in [0.2, 0.25) is 0 Å². The third kappa shape index (κ3) is 1.18. The molecule has 0 radical (unpaired) electrons. The van der Waals surface area contributed by atoms with Crippen LogP contribution in [-0.2, 0) is 0 Å². The molecule has 2 rings (SSSR count). The van der Waals surface area contributed by atoms with Crippen molar-refractivity contribution in [2.24, 2.45) is 0 Å². The second kappa shape index (κ2) is 2.79. The molecule has 3 nitrogen and oxygen atoms in total. The van der Waals surface area contributed by atoms with E-state index in [9.17, 15) is 0 Å². The molecule has 0 aliphatic heterocycles. The average Bonchev–Trinajstić information content (AvgIpc) is 2.46. The van der Waals surface area contributed by atoms with Gasteiger partial charge >= 0.3 is 0 Å². The number of rotatable bonds is 1. The molecule has 4 heteroatoms. The van der Waals surface area contributed by atoms with Gasteiger partial charge in [0.25, 0.3) is 0 Å². The quantitative estimate of drug-likeness (QED) is 0.673. The van der Waals surface area contributed by atoms with E-state index in [-0.39, 0.29) is 0 Å². The van der Waals surface area contributed by atoms with Crippen molar-refractivity contribution in [3.63, 3.8) is 0 Å². The lowest BCUT2D eigenvalue weighted by atomic mass is 10.2. The highest BCUT2D eigenvalue weighted by Crippen LogP contribution is 2.24. The molecule has 0 amide bonds. The summed E-state index contributed by atoms with van der Waals surface area (Å²) in [6.45, 7) is 4.26. The molecule has 0 saturated heterocycles. The zero-order chi connectivity index (χ0) is 8.55. The Bertz CT molecular complexity index is 361. The lowest BCUT2D eigenvalue weighted by molar-refractivity contribution is 0.855. The number of nitrogens with zero attached hydrogens (tertiary/aromatic N) is 3. The number of aromatic nitrogens is 3. The van der Waals surface area contributed by atoms with E-state index in [1.165, 1.54) is 6.33 Å². The van der Waals surface area contributed by atoms with E-state index in [1.54, 1.807) is 11.3 Å². The van der Waals surface area contributed by atoms with Gasteiger partial charge in [0.15, 0.2) is 5.65 Å². The van der Waals surface area contributed by atoms with Crippen molar-refractivity contribution in [1.29, 1.82) is 0 Å². The van der Waals surface area contributed by atoms with Crippen molar-refractivity contribution in [1.82, 2.24) is 15.0 Å². The number of hydrogen-bond acceptors (Lipinski definition) is 4. The van der Waals surface area contributed by atoms with Crippen molar-refractivity contribution in [3.8, 4) is 0 Å². The zero-order valence-electron chi connectivity index (χ0n) is 6.98. The molecule has 0 unspecified atom stereocenters. The van der Waals surface area contributed by atoms with E-state index in [4.69, 9.17) is 0 Å². The lowest BCUT2D eigenvalue weighted by Crippen LogP contribution is -1.84. The Hall–Kier alpha value is -1.03. The Labute approximate surface area is 74.5 Å². The molecule has 0 bridgehead atoms. The maximum absolute atomic E-state index is 4.38. The van der Waals surface area contributed by atoms with Crippen LogP contribution in [0, 0.1) is 0 Å². The van der Waals surface area contributed by atoms with E-state index < -0.39 is 0 Å². The Morgan fingerprint density at radius 1 is 1.42 bits per heavy atom. The monoisotopic (exact) mass is 179 g/mol. The highest BCUT2D eigenvalue weighted by molar-refractivity contribution is 7.18. The van der Waals surface area contributed by atoms with Crippen LogP contribution < -0.4 is 0 Å². The summed E-state index contributed by atoms with van der Waals surface area (Å²) >= 11 is 1.67. The van der Waals surface area contributed by atoms with E-state index in [2.05, 4.69) is 28.8 Å². The predicted octanol–water partition coefficient (Wildman–Crippen LogP) is 2.21. The fourth-order valence-electron chi connectivity index (χ4n) is 0.953. The van der Waals surface area contributed by atoms with Gasteiger partial charge < -0.3 is 0 Å². The second-order valence-corrected chi connectivity index (χ2v) is 3.98. The summed E-state index contributed by atoms with van der Waals surface area (Å²) in [7, 11) is 0. The Morgan fingerprint density at radius 3 is 2.92 bits per heavy atom. The van der Waals surface area contributed by atoms with Crippen LogP contribution in [0.3, 0.4) is 0 Å². The third-order valence-corrected chi connectivity index (χ3v) is 2.86. The number of hydrogen-bond donors (Lipinski definition) is 0. The summed E-state index contributed by atoms with van der Waals surface area (Å²) in [6, 6.07) is 0. The highest BCUT2D eigenvalue weighted by atomic mass is 32.1. The molecule has 0 saturated carbocycles. The van der Waals surface area contributed by atoms with Gasteiger partial charge in [-0.25, -0.2) is 15.0 Å². The second-order valence-electron chi connectivity index (χ2n) is 2.92. The molecule has 2 aromatic heterocycles. The van der Waals surface area contributed by atoms with Crippen LogP contribution in [-0.4, -0.2) is 15.0 Å². The standard InChI is InChI=1S/C8H9N3S/c1-5(2)8-11-7-6(12-8)3-9-4-10-7/h3-5H,1-2H3. The molecule has 0 atom stereocenters. The van der Waals surface area contributed by atoms with Crippen molar-refractivity contribution < 1.29 is 0 Å². The maximum atomic E-state index is 4.38. The van der Waals surface area contributed by atoms with Crippen molar-refractivity contribution in [2.45, 2.75) is 19.8 Å². The molecule has 0 aliphatic rings. The lowest BCUT2D eigenvalue weighted by Gasteiger charge is -1.93. The minimum Gasteiger partial charge on any atom is -0.243 e. The molecular weight excluding hydrogens is 170 g/mol. The molecule has 0 fully saturated rings. The highest BCUT2D eigenvalue weighted by Gasteiger charge is 2.06. The van der Waals surface area contributed by atoms with Crippen LogP contribution in [0.5, 0.6) is 0 Å². The third-order valence-electron chi connectivity index (χ3n) is 1.58. The number of thiazole rings is 1. The van der Waals surface area contributed by atoms with Gasteiger partial charge in [0.1, 0.15) is 6.33 Å². The first-order chi connectivity index (χ1) is 5.77. The molecule has 0 N–H and O–H groups in total. The molecule has 2 heterocycles. The van der Waals surface area contributed by atoms with Gasteiger partial charge in [0, 0.05) is 12.1 Å². The van der Waals surface area contributed by atoms with Gasteiger partial charge in [-0.05, 0) is 0 Å². The van der Waals surface area contributed by atoms with Crippen LogP contribution in [0.25, 0.3) is 10.3 Å². The predicted molar refractivity (Wildman–Crippen MR) is 49.3 cm³/mol. The van der Waals surface area contributed by atoms with Crippen molar-refractivity contribution >= 4 is 21.7 Å². The minimum absolute atomic E-state index is 0.476. The van der Waals surface area contributed by atoms with Gasteiger partial charge in [-0.3, -0.25) is 0 Å². The summed E-state index contributed by atoms with van der Waals surface area (Å²) in [6.07, 6.45) is 3.35. The van der Waals surface area contributed by atoms with Crippen molar-refractivity contribution in [3.05, 3.63) is 17.5 Å². The van der Waals surface area contributed by atoms with Gasteiger partial charge in [-0.15, -0.1) is 11.3 Å². The van der Waals surface area contributed by atoms with Crippen LogP contribution >= 0.6 is 11.3 Å². The average molecular weight is 179 g/mol. The van der Waals surface area contributed by atoms with Gasteiger partial charge in [-0.1, -0.05) is 13.8 Å². The fourth-order valence-corrected chi connectivity index (χ4v) is 1.85. The van der Waals surface area contributed by atoms with Crippen molar-refractivity contribution in [2.75, 3.05) is 0 Å². The van der Waals surface area contributed by atoms with Crippen LogP contribution in [0.15, 0.2) is 12.5 Å². The first kappa shape index (κ1) is 7.61. The first-order valence-electron chi connectivity index (χ1n) is 3.84. The molecule has 0 spiro atoms. The molecule has 62 valence electrons. The Morgan fingerprint density at radius 2 is 2.25 bits per heavy atom. The van der Waals surface area contributed by atoms with Crippen LogP contribution in [0.4, 0.5) is 0 Å². The molecular formula is C8H9N3S. The summed E-state index contributed by atoms with van der Waals surface area (Å²) < 4.78 is 1.07. The van der Waals surface area contributed by atoms with E-state index >= 15 is 0 Å². The van der Waals surface area contributed by atoms with Gasteiger partial charge in [0.2, 0.25) is 0 Å². The fraction of sp³-hybridized carbons (Fsp3) is 0.375. The topological polar surface area (TPSA) is 38.7 Å². The van der Waals surface area contributed by atoms with Crippen LogP contribution in [0.1, 0.15) is 24.8 Å². The van der Waals surface area contributed by atoms with E-state index in [0.29, 0.717) is 5.92 Å². The van der Waals surface area contributed by atoms with E-state index in [1.807, 2.05) is 6.20 Å². The maximum Gasteiger partial charge on any atom is 0.173 e. The normalized spacial score (nSPS) is 11.2. The van der Waals surface area contributed by atoms with E-state index in [0.717, 1.165) is 15.4 Å². The summed E-state index contributed by atoms with van der Waals surface area (Å²) in [5, 5.41) is 1.13. The van der Waals surface area contributed by atoms with Gasteiger partial charge in [-0.2, -0.15) is 0 Å². The smallest absolute Gasteiger partial charge is 0.173 e. The SMILES string of the molecule is CC(C)c1nc2ncncc2s1. The first-order valence-corrected chi connectivity index (χ1v) is 4.65. The van der Waals surface area contributed by atoms with Gasteiger partial charge in [0.05, 0.1) is 9.71 Å². The molecule has 2 aromatic rings. The minimum atomic E-state index is 0.476. The largest absolute Gasteiger partial charge is 0.243 e. The molecule has 0 aliphatic carbocycles. The zero-order valence-corrected chi connectivity index (χ0v) is 7.80. The summed E-state index contributed by atoms with van der Waals surface area (Å²) in [5.74, 6) is 0.476. The summed E-state index contributed by atoms with van der Waals surface area (Å²) in [4.78, 5) is 12.4. The Kier molecular flexibility index (Phi) is 1.77. The molecule has 0 aromatic carbocycles. The number of fused-ring (bicyclic) bond motifs is 1. The summed E-state index contributed by atoms with van der Waals surface area (Å²) in [5.41, 5.74) is 0.818. The molecule has 12 heavy (non-hydrogen) atoms. The Balaban J connectivity index is 2.62.